The van der Waals surface area contributed by atoms with E-state index in [1.165, 1.54) is 0 Å². The summed E-state index contributed by atoms with van der Waals surface area (Å²) in [5.41, 5.74) is 1.56. The summed E-state index contributed by atoms with van der Waals surface area (Å²) in [6.45, 7) is 2.00. The summed E-state index contributed by atoms with van der Waals surface area (Å²) < 4.78 is 17.0. The smallest absolute Gasteiger partial charge is 0.376 e. The molecule has 3 rings (SSSR count). The Labute approximate surface area is 147 Å². The van der Waals surface area contributed by atoms with Gasteiger partial charge in [-0.25, -0.2) is 0 Å². The highest BCUT2D eigenvalue weighted by Gasteiger charge is 2.49. The first-order valence-electron chi connectivity index (χ1n) is 8.09. The molecule has 2 aromatic carbocycles. The Morgan fingerprint density at radius 2 is 1.68 bits per heavy atom. The van der Waals surface area contributed by atoms with Crippen LogP contribution in [-0.2, 0) is 13.3 Å². The molecule has 25 heavy (non-hydrogen) atoms. The third kappa shape index (κ3) is 2.60. The first kappa shape index (κ1) is 17.8. The van der Waals surface area contributed by atoms with E-state index < -0.39 is 14.7 Å². The lowest BCUT2D eigenvalue weighted by Gasteiger charge is -2.33. The van der Waals surface area contributed by atoms with Gasteiger partial charge in [0.1, 0.15) is 0 Å². The molecule has 1 N–H and O–H groups in total. The van der Waals surface area contributed by atoms with E-state index in [0.717, 1.165) is 10.9 Å². The Balaban J connectivity index is 2.33. The maximum Gasteiger partial charge on any atom is 0.508 e. The van der Waals surface area contributed by atoms with E-state index in [1.54, 1.807) is 27.4 Å². The average Bonchev–Trinajstić information content (AvgIpc) is 2.64. The molecule has 0 aliphatic carbocycles. The van der Waals surface area contributed by atoms with Gasteiger partial charge in [0.2, 0.25) is 0 Å². The Bertz CT molecular complexity index is 838. The summed E-state index contributed by atoms with van der Waals surface area (Å²) in [7, 11) is 1.65. The number of benzene rings is 2. The van der Waals surface area contributed by atoms with Gasteiger partial charge in [0.25, 0.3) is 11.8 Å². The number of nitrogens with one attached hydrogen (secondary N) is 1. The van der Waals surface area contributed by atoms with E-state index in [9.17, 15) is 9.59 Å². The summed E-state index contributed by atoms with van der Waals surface area (Å²) in [6, 6.07) is 9.26. The van der Waals surface area contributed by atoms with Gasteiger partial charge < -0.3 is 13.3 Å². The van der Waals surface area contributed by atoms with Crippen LogP contribution in [0.5, 0.6) is 0 Å². The van der Waals surface area contributed by atoms with E-state index in [4.69, 9.17) is 13.3 Å². The zero-order chi connectivity index (χ0) is 18.2. The van der Waals surface area contributed by atoms with Crippen LogP contribution in [0.3, 0.4) is 0 Å². The van der Waals surface area contributed by atoms with Crippen LogP contribution in [-0.4, -0.2) is 41.9 Å². The van der Waals surface area contributed by atoms with Crippen LogP contribution in [0.1, 0.15) is 45.2 Å². The minimum atomic E-state index is -3.03. The largest absolute Gasteiger partial charge is 0.508 e. The topological polar surface area (TPSA) is 73.9 Å². The molecule has 0 fully saturated rings. The number of carbonyl (C=O) groups is 2. The Kier molecular flexibility index (Phi) is 4.74. The average molecular weight is 359 g/mol. The molecule has 0 saturated carbocycles. The Hall–Kier alpha value is -2.06. The first-order valence-corrected chi connectivity index (χ1v) is 9.89. The molecule has 0 radical (unpaired) electrons. The molecule has 0 aromatic heterocycles. The van der Waals surface area contributed by atoms with Gasteiger partial charge in [-0.15, -0.1) is 0 Å². The second kappa shape index (κ2) is 6.68. The predicted molar refractivity (Wildman–Crippen MR) is 95.6 cm³/mol. The monoisotopic (exact) mass is 359 g/mol. The van der Waals surface area contributed by atoms with Crippen LogP contribution < -0.4 is 5.32 Å². The Morgan fingerprint density at radius 1 is 1.00 bits per heavy atom. The second-order valence-electron chi connectivity index (χ2n) is 5.89. The first-order chi connectivity index (χ1) is 12.0. The van der Waals surface area contributed by atoms with Gasteiger partial charge in [-0.3, -0.25) is 14.9 Å². The van der Waals surface area contributed by atoms with Gasteiger partial charge in [-0.2, -0.15) is 0 Å². The van der Waals surface area contributed by atoms with Gasteiger partial charge in [0, 0.05) is 32.3 Å². The lowest BCUT2D eigenvalue weighted by Crippen LogP contribution is -2.50. The van der Waals surface area contributed by atoms with Crippen LogP contribution >= 0.6 is 0 Å². The number of rotatable bonds is 6. The van der Waals surface area contributed by atoms with Crippen LogP contribution in [0.4, 0.5) is 0 Å². The van der Waals surface area contributed by atoms with E-state index in [-0.39, 0.29) is 11.4 Å². The van der Waals surface area contributed by atoms with Crippen molar-refractivity contribution in [3.8, 4) is 0 Å². The van der Waals surface area contributed by atoms with Crippen molar-refractivity contribution in [3.63, 3.8) is 0 Å². The summed E-state index contributed by atoms with van der Waals surface area (Å²) in [6.07, 6.45) is 0.670. The van der Waals surface area contributed by atoms with Crippen molar-refractivity contribution in [2.24, 2.45) is 0 Å². The summed E-state index contributed by atoms with van der Waals surface area (Å²) in [5.74, 6) is -0.768. The number of carbonyl (C=O) groups excluding carboxylic acids is 2. The number of imide groups is 1. The van der Waals surface area contributed by atoms with Crippen LogP contribution in [0.25, 0.3) is 10.8 Å². The molecule has 1 aliphatic rings. The molecule has 0 spiro atoms. The molecule has 1 heterocycles. The van der Waals surface area contributed by atoms with Gasteiger partial charge in [0.05, 0.1) is 11.1 Å². The zero-order valence-corrected chi connectivity index (χ0v) is 15.7. The molecule has 7 heteroatoms. The standard InChI is InChI=1S/C18H21NO5Si/c1-5-14(25(22-2,23-3)24-4)12-10-9-11-7-6-8-13-15(11)16(12)18(21)19-17(13)20/h6-10,14H,5H2,1-4H3,(H,19,20,21). The maximum absolute atomic E-state index is 12.7. The number of hydrogen-bond donors (Lipinski definition) is 1. The quantitative estimate of drug-likeness (QED) is 0.634. The Morgan fingerprint density at radius 3 is 2.28 bits per heavy atom. The van der Waals surface area contributed by atoms with Crippen molar-refractivity contribution in [1.82, 2.24) is 5.32 Å². The lowest BCUT2D eigenvalue weighted by atomic mass is 9.90. The summed E-state index contributed by atoms with van der Waals surface area (Å²) in [4.78, 5) is 24.9. The molecule has 132 valence electrons. The third-order valence-electron chi connectivity index (χ3n) is 4.84. The van der Waals surface area contributed by atoms with E-state index in [2.05, 4.69) is 5.32 Å². The van der Waals surface area contributed by atoms with Gasteiger partial charge in [-0.05, 0) is 23.4 Å². The van der Waals surface area contributed by atoms with E-state index in [0.29, 0.717) is 22.9 Å². The lowest BCUT2D eigenvalue weighted by molar-refractivity contribution is 0.0844. The van der Waals surface area contributed by atoms with Gasteiger partial charge in [-0.1, -0.05) is 31.2 Å². The fraction of sp³-hybridized carbons (Fsp3) is 0.333. The van der Waals surface area contributed by atoms with Crippen LogP contribution in [0, 0.1) is 0 Å². The molecule has 1 aliphatic heterocycles. The number of hydrogen-bond acceptors (Lipinski definition) is 5. The highest BCUT2D eigenvalue weighted by atomic mass is 28.4. The molecule has 0 saturated heterocycles. The summed E-state index contributed by atoms with van der Waals surface area (Å²) >= 11 is 0. The van der Waals surface area contributed by atoms with Crippen molar-refractivity contribution < 1.29 is 22.9 Å². The van der Waals surface area contributed by atoms with Crippen LogP contribution in [0.15, 0.2) is 30.3 Å². The molecular formula is C18H21NO5Si. The van der Waals surface area contributed by atoms with Crippen molar-refractivity contribution in [2.75, 3.05) is 21.3 Å². The highest BCUT2D eigenvalue weighted by molar-refractivity contribution is 6.62. The summed E-state index contributed by atoms with van der Waals surface area (Å²) in [5, 5.41) is 3.97. The fourth-order valence-corrected chi connectivity index (χ4v) is 6.16. The highest BCUT2D eigenvalue weighted by Crippen LogP contribution is 2.38. The molecular weight excluding hydrogens is 338 g/mol. The number of amides is 2. The van der Waals surface area contributed by atoms with E-state index in [1.807, 2.05) is 31.2 Å². The van der Waals surface area contributed by atoms with Gasteiger partial charge in [0.15, 0.2) is 0 Å². The molecule has 1 atom stereocenters. The zero-order valence-electron chi connectivity index (χ0n) is 14.7. The minimum absolute atomic E-state index is 0.223. The normalized spacial score (nSPS) is 15.4. The van der Waals surface area contributed by atoms with Crippen molar-refractivity contribution in [1.29, 1.82) is 0 Å². The molecule has 1 unspecified atom stereocenters. The maximum atomic E-state index is 12.7. The van der Waals surface area contributed by atoms with Crippen molar-refractivity contribution in [2.45, 2.75) is 18.9 Å². The third-order valence-corrected chi connectivity index (χ3v) is 8.12. The predicted octanol–water partition coefficient (Wildman–Crippen LogP) is 2.63. The minimum Gasteiger partial charge on any atom is -0.376 e. The molecule has 2 aromatic rings. The van der Waals surface area contributed by atoms with Gasteiger partial charge >= 0.3 is 8.80 Å². The molecule has 0 bridgehead atoms. The molecule has 2 amide bonds. The molecule has 6 nitrogen and oxygen atoms in total. The van der Waals surface area contributed by atoms with Crippen LogP contribution in [0.2, 0.25) is 0 Å². The second-order valence-corrected chi connectivity index (χ2v) is 9.02. The van der Waals surface area contributed by atoms with E-state index >= 15 is 0 Å². The fourth-order valence-electron chi connectivity index (χ4n) is 3.69. The SMILES string of the molecule is CCC(c1ccc2cccc3c2c1C(=O)NC3=O)[Si](OC)(OC)OC. The van der Waals surface area contributed by atoms with Crippen molar-refractivity contribution in [3.05, 3.63) is 47.0 Å². The van der Waals surface area contributed by atoms with Crippen molar-refractivity contribution >= 4 is 31.4 Å².